The van der Waals surface area contributed by atoms with Crippen LogP contribution in [0.4, 0.5) is 0 Å². The molecular weight excluding hydrogens is 322 g/mol. The van der Waals surface area contributed by atoms with E-state index in [0.29, 0.717) is 24.0 Å². The summed E-state index contributed by atoms with van der Waals surface area (Å²) in [6.45, 7) is 8.37. The van der Waals surface area contributed by atoms with Gasteiger partial charge < -0.3 is 9.88 Å². The van der Waals surface area contributed by atoms with Gasteiger partial charge in [-0.3, -0.25) is 9.69 Å². The average Bonchev–Trinajstić information content (AvgIpc) is 3.05. The lowest BCUT2D eigenvalue weighted by atomic mass is 9.79. The van der Waals surface area contributed by atoms with Gasteiger partial charge in [-0.1, -0.05) is 25.1 Å². The number of likely N-dealkylation sites (tertiary alicyclic amines) is 1. The highest BCUT2D eigenvalue weighted by Crippen LogP contribution is 2.42. The van der Waals surface area contributed by atoms with E-state index in [4.69, 9.17) is 0 Å². The Hall–Kier alpha value is -2.07. The number of amides is 1. The fourth-order valence-corrected chi connectivity index (χ4v) is 5.47. The largest absolute Gasteiger partial charge is 0.361 e. The van der Waals surface area contributed by atoms with Gasteiger partial charge in [0.25, 0.3) is 0 Å². The summed E-state index contributed by atoms with van der Waals surface area (Å²) in [6, 6.07) is 7.67. The van der Waals surface area contributed by atoms with Crippen molar-refractivity contribution >= 4 is 22.4 Å². The minimum absolute atomic E-state index is 0.0258. The third kappa shape index (κ3) is 2.14. The Labute approximate surface area is 154 Å². The molecule has 0 radical (unpaired) electrons. The molecule has 0 saturated carbocycles. The fourth-order valence-electron chi connectivity index (χ4n) is 5.47. The molecule has 3 heterocycles. The molecule has 1 aromatic heterocycles. The second kappa shape index (κ2) is 5.71. The maximum absolute atomic E-state index is 13.2. The number of carbonyl (C=O) groups is 1. The molecule has 1 saturated heterocycles. The molecule has 4 nitrogen and oxygen atoms in total. The lowest BCUT2D eigenvalue weighted by Crippen LogP contribution is -2.59. The molecule has 3 aliphatic rings. The Bertz CT molecular complexity index is 903. The van der Waals surface area contributed by atoms with Gasteiger partial charge in [0.2, 0.25) is 5.91 Å². The van der Waals surface area contributed by atoms with E-state index in [1.165, 1.54) is 27.6 Å². The highest BCUT2D eigenvalue weighted by molar-refractivity contribution is 5.99. The minimum Gasteiger partial charge on any atom is -0.361 e. The van der Waals surface area contributed by atoms with Crippen LogP contribution in [-0.4, -0.2) is 51.9 Å². The van der Waals surface area contributed by atoms with E-state index in [-0.39, 0.29) is 5.92 Å². The van der Waals surface area contributed by atoms with Crippen molar-refractivity contribution in [2.45, 2.75) is 51.7 Å². The Morgan fingerprint density at radius 2 is 2.08 bits per heavy atom. The molecule has 2 aromatic rings. The van der Waals surface area contributed by atoms with Crippen LogP contribution >= 0.6 is 0 Å². The molecule has 26 heavy (non-hydrogen) atoms. The van der Waals surface area contributed by atoms with Crippen molar-refractivity contribution in [3.63, 3.8) is 0 Å². The average molecular weight is 349 g/mol. The smallest absolute Gasteiger partial charge is 0.231 e. The first-order chi connectivity index (χ1) is 12.6. The highest BCUT2D eigenvalue weighted by atomic mass is 16.2. The number of nitrogens with one attached hydrogen (secondary N) is 1. The molecule has 136 valence electrons. The molecule has 2 aliphatic heterocycles. The van der Waals surface area contributed by atoms with Crippen molar-refractivity contribution in [2.24, 2.45) is 5.92 Å². The molecule has 5 rings (SSSR count). The van der Waals surface area contributed by atoms with Crippen molar-refractivity contribution in [3.05, 3.63) is 41.6 Å². The zero-order chi connectivity index (χ0) is 18.0. The number of aromatic amines is 1. The molecule has 4 heteroatoms. The predicted molar refractivity (Wildman–Crippen MR) is 105 cm³/mol. The Morgan fingerprint density at radius 1 is 1.27 bits per heavy atom. The van der Waals surface area contributed by atoms with Crippen LogP contribution in [0.1, 0.15) is 38.3 Å². The van der Waals surface area contributed by atoms with E-state index in [0.717, 1.165) is 25.9 Å². The Kier molecular flexibility index (Phi) is 3.54. The topological polar surface area (TPSA) is 39.3 Å². The van der Waals surface area contributed by atoms with E-state index in [2.05, 4.69) is 66.0 Å². The van der Waals surface area contributed by atoms with Gasteiger partial charge in [0.15, 0.2) is 0 Å². The maximum Gasteiger partial charge on any atom is 0.231 e. The third-order valence-corrected chi connectivity index (χ3v) is 6.73. The number of rotatable bonds is 2. The summed E-state index contributed by atoms with van der Waals surface area (Å²) in [4.78, 5) is 21.2. The number of carbonyl (C=O) groups excluding carboxylic acids is 1. The molecule has 4 atom stereocenters. The van der Waals surface area contributed by atoms with Crippen LogP contribution in [0.25, 0.3) is 16.5 Å². The maximum atomic E-state index is 13.2. The fraction of sp³-hybridized carbons (Fsp3) is 0.500. The summed E-state index contributed by atoms with van der Waals surface area (Å²) in [5.74, 6) is 0.287. The second-order valence-corrected chi connectivity index (χ2v) is 8.26. The number of fused-ring (bicyclic) bond motifs is 2. The number of likely N-dealkylation sites (N-methyl/N-ethyl adjacent to an activating group) is 1. The van der Waals surface area contributed by atoms with Crippen LogP contribution in [0.2, 0.25) is 0 Å². The van der Waals surface area contributed by atoms with Gasteiger partial charge in [0.05, 0.1) is 5.92 Å². The van der Waals surface area contributed by atoms with Crippen molar-refractivity contribution in [1.29, 1.82) is 0 Å². The van der Waals surface area contributed by atoms with Gasteiger partial charge in [-0.15, -0.1) is 0 Å². The first-order valence-corrected chi connectivity index (χ1v) is 9.95. The quantitative estimate of drug-likeness (QED) is 0.902. The van der Waals surface area contributed by atoms with Gasteiger partial charge in [-0.25, -0.2) is 0 Å². The van der Waals surface area contributed by atoms with Gasteiger partial charge in [0.1, 0.15) is 0 Å². The first-order valence-electron chi connectivity index (χ1n) is 9.95. The van der Waals surface area contributed by atoms with Crippen LogP contribution < -0.4 is 0 Å². The van der Waals surface area contributed by atoms with Crippen LogP contribution in [0, 0.1) is 5.92 Å². The zero-order valence-electron chi connectivity index (χ0n) is 15.8. The second-order valence-electron chi connectivity index (χ2n) is 8.26. The number of nitrogens with zero attached hydrogens (tertiary/aromatic N) is 2. The van der Waals surface area contributed by atoms with E-state index < -0.39 is 0 Å². The third-order valence-electron chi connectivity index (χ3n) is 6.73. The normalized spacial score (nSPS) is 30.7. The standard InChI is InChI=1S/C22H27N3O/c1-4-24-12-16(22(26)25-13(2)8-14(25)3)9-18-17-6-5-7-19-21(17)15(11-23-19)10-20(18)24/h5-7,9,11,13-14,16,20,23H,4,8,10,12H2,1-3H3/t13?,14?,16-,20-/m1/s1. The van der Waals surface area contributed by atoms with E-state index in [1.54, 1.807) is 0 Å². The molecule has 1 aliphatic carbocycles. The SMILES string of the molecule is CCN1C[C@H](C(=O)N2C(C)CC2C)C=C2c3cccc4[nH]cc(c34)C[C@H]21. The van der Waals surface area contributed by atoms with Gasteiger partial charge in [-0.2, -0.15) is 0 Å². The molecule has 0 spiro atoms. The van der Waals surface area contributed by atoms with Crippen molar-refractivity contribution in [3.8, 4) is 0 Å². The molecule has 0 bridgehead atoms. The summed E-state index contributed by atoms with van der Waals surface area (Å²) in [5.41, 5.74) is 5.29. The summed E-state index contributed by atoms with van der Waals surface area (Å²) in [7, 11) is 0. The van der Waals surface area contributed by atoms with Gasteiger partial charge in [0, 0.05) is 41.8 Å². The number of aromatic nitrogens is 1. The predicted octanol–water partition coefficient (Wildman–Crippen LogP) is 3.44. The van der Waals surface area contributed by atoms with Crippen LogP contribution in [0.5, 0.6) is 0 Å². The lowest BCUT2D eigenvalue weighted by molar-refractivity contribution is -0.146. The molecule has 1 fully saturated rings. The van der Waals surface area contributed by atoms with Crippen molar-refractivity contribution in [2.75, 3.05) is 13.1 Å². The molecular formula is C22H27N3O. The van der Waals surface area contributed by atoms with Crippen molar-refractivity contribution in [1.82, 2.24) is 14.8 Å². The van der Waals surface area contributed by atoms with Crippen LogP contribution in [-0.2, 0) is 11.2 Å². The van der Waals surface area contributed by atoms with Gasteiger partial charge in [-0.05, 0) is 56.0 Å². The number of hydrogen-bond acceptors (Lipinski definition) is 2. The highest BCUT2D eigenvalue weighted by Gasteiger charge is 2.42. The van der Waals surface area contributed by atoms with Crippen LogP contribution in [0.15, 0.2) is 30.5 Å². The van der Waals surface area contributed by atoms with Crippen LogP contribution in [0.3, 0.4) is 0 Å². The summed E-state index contributed by atoms with van der Waals surface area (Å²) < 4.78 is 0. The number of benzene rings is 1. The first kappa shape index (κ1) is 16.1. The van der Waals surface area contributed by atoms with Crippen molar-refractivity contribution < 1.29 is 4.79 Å². The minimum atomic E-state index is -0.0258. The monoisotopic (exact) mass is 349 g/mol. The van der Waals surface area contributed by atoms with E-state index in [9.17, 15) is 4.79 Å². The molecule has 1 amide bonds. The van der Waals surface area contributed by atoms with Gasteiger partial charge >= 0.3 is 0 Å². The number of hydrogen-bond donors (Lipinski definition) is 1. The summed E-state index contributed by atoms with van der Waals surface area (Å²) in [5, 5.41) is 1.35. The molecule has 1 aromatic carbocycles. The Morgan fingerprint density at radius 3 is 2.81 bits per heavy atom. The summed E-state index contributed by atoms with van der Waals surface area (Å²) in [6.07, 6.45) is 6.62. The Balaban J connectivity index is 1.59. The lowest BCUT2D eigenvalue weighted by Gasteiger charge is -2.48. The molecule has 2 unspecified atom stereocenters. The van der Waals surface area contributed by atoms with E-state index in [1.807, 2.05) is 0 Å². The summed E-state index contributed by atoms with van der Waals surface area (Å²) >= 11 is 0. The van der Waals surface area contributed by atoms with E-state index >= 15 is 0 Å². The zero-order valence-corrected chi connectivity index (χ0v) is 15.8. The number of H-pyrrole nitrogens is 1. The molecule has 1 N–H and O–H groups in total.